The lowest BCUT2D eigenvalue weighted by atomic mass is 9.84. The van der Waals surface area contributed by atoms with Gasteiger partial charge in [-0.05, 0) is 36.4 Å². The zero-order chi connectivity index (χ0) is 16.0. The molecule has 0 aliphatic heterocycles. The SMILES string of the molecule is CNC(c1cc2c(C)ccc(C(C)(C)C)c2o1)C(C)(C)C. The van der Waals surface area contributed by atoms with Crippen LogP contribution in [0.15, 0.2) is 22.6 Å². The van der Waals surface area contributed by atoms with E-state index in [1.807, 2.05) is 7.05 Å². The highest BCUT2D eigenvalue weighted by atomic mass is 16.3. The van der Waals surface area contributed by atoms with Crippen molar-refractivity contribution in [1.29, 1.82) is 0 Å². The molecule has 1 atom stereocenters. The van der Waals surface area contributed by atoms with E-state index in [0.717, 1.165) is 11.3 Å². The average molecular weight is 287 g/mol. The molecule has 0 saturated heterocycles. The van der Waals surface area contributed by atoms with Crippen LogP contribution in [0.5, 0.6) is 0 Å². The van der Waals surface area contributed by atoms with Crippen molar-refractivity contribution in [2.45, 2.75) is 59.9 Å². The molecule has 1 N–H and O–H groups in total. The molecule has 0 radical (unpaired) electrons. The highest BCUT2D eigenvalue weighted by Crippen LogP contribution is 2.39. The Balaban J connectivity index is 2.68. The molecule has 1 aromatic carbocycles. The Hall–Kier alpha value is -1.28. The molecule has 2 nitrogen and oxygen atoms in total. The van der Waals surface area contributed by atoms with Crippen molar-refractivity contribution in [2.24, 2.45) is 5.41 Å². The lowest BCUT2D eigenvalue weighted by Crippen LogP contribution is -2.29. The first-order valence-electron chi connectivity index (χ1n) is 7.76. The predicted molar refractivity (Wildman–Crippen MR) is 90.9 cm³/mol. The topological polar surface area (TPSA) is 25.2 Å². The maximum Gasteiger partial charge on any atom is 0.138 e. The second kappa shape index (κ2) is 5.17. The van der Waals surface area contributed by atoms with Gasteiger partial charge in [0.25, 0.3) is 0 Å². The van der Waals surface area contributed by atoms with Crippen molar-refractivity contribution in [2.75, 3.05) is 7.05 Å². The summed E-state index contributed by atoms with van der Waals surface area (Å²) in [6.45, 7) is 15.6. The van der Waals surface area contributed by atoms with Gasteiger partial charge in [0.1, 0.15) is 11.3 Å². The predicted octanol–water partition coefficient (Wildman–Crippen LogP) is 5.35. The molecule has 0 spiro atoms. The number of fused-ring (bicyclic) bond motifs is 1. The van der Waals surface area contributed by atoms with Gasteiger partial charge in [0.05, 0.1) is 6.04 Å². The molecule has 0 fully saturated rings. The Bertz CT molecular complexity index is 638. The first kappa shape index (κ1) is 16.1. The standard InChI is InChI=1S/C19H29NO/c1-12-9-10-14(18(2,3)4)16-13(12)11-15(21-16)17(20-8)19(5,6)7/h9-11,17,20H,1-8H3. The van der Waals surface area contributed by atoms with Crippen molar-refractivity contribution in [1.82, 2.24) is 5.32 Å². The first-order chi connectivity index (χ1) is 9.55. The number of rotatable bonds is 2. The third-order valence-electron chi connectivity index (χ3n) is 4.17. The lowest BCUT2D eigenvalue weighted by Gasteiger charge is -2.28. The fourth-order valence-electron chi connectivity index (χ4n) is 3.01. The Morgan fingerprint density at radius 3 is 2.14 bits per heavy atom. The third kappa shape index (κ3) is 3.01. The van der Waals surface area contributed by atoms with Crippen LogP contribution in [0.4, 0.5) is 0 Å². The Morgan fingerprint density at radius 1 is 1.05 bits per heavy atom. The Morgan fingerprint density at radius 2 is 1.67 bits per heavy atom. The molecule has 2 rings (SSSR count). The number of nitrogens with one attached hydrogen (secondary N) is 1. The van der Waals surface area contributed by atoms with Gasteiger partial charge in [0.2, 0.25) is 0 Å². The molecule has 1 heterocycles. The van der Waals surface area contributed by atoms with E-state index in [1.165, 1.54) is 16.5 Å². The largest absolute Gasteiger partial charge is 0.459 e. The van der Waals surface area contributed by atoms with E-state index in [2.05, 4.69) is 72.0 Å². The van der Waals surface area contributed by atoms with Gasteiger partial charge in [0.15, 0.2) is 0 Å². The number of hydrogen-bond acceptors (Lipinski definition) is 2. The van der Waals surface area contributed by atoms with Crippen LogP contribution in [-0.4, -0.2) is 7.05 Å². The zero-order valence-corrected chi connectivity index (χ0v) is 14.7. The quantitative estimate of drug-likeness (QED) is 0.806. The van der Waals surface area contributed by atoms with Crippen LogP contribution < -0.4 is 5.32 Å². The minimum absolute atomic E-state index is 0.0813. The van der Waals surface area contributed by atoms with Gasteiger partial charge >= 0.3 is 0 Å². The van der Waals surface area contributed by atoms with Crippen molar-refractivity contribution in [3.8, 4) is 0 Å². The van der Waals surface area contributed by atoms with Crippen LogP contribution in [0, 0.1) is 12.3 Å². The number of aryl methyl sites for hydroxylation is 1. The fourth-order valence-corrected chi connectivity index (χ4v) is 3.01. The summed E-state index contributed by atoms with van der Waals surface area (Å²) in [5.41, 5.74) is 3.79. The molecule has 0 saturated carbocycles. The first-order valence-corrected chi connectivity index (χ1v) is 7.76. The number of benzene rings is 1. The molecule has 0 aliphatic rings. The van der Waals surface area contributed by atoms with E-state index in [0.29, 0.717) is 0 Å². The van der Waals surface area contributed by atoms with Crippen LogP contribution in [-0.2, 0) is 5.41 Å². The van der Waals surface area contributed by atoms with Crippen molar-refractivity contribution >= 4 is 11.0 Å². The van der Waals surface area contributed by atoms with Crippen molar-refractivity contribution in [3.63, 3.8) is 0 Å². The summed E-state index contributed by atoms with van der Waals surface area (Å²) in [7, 11) is 2.00. The average Bonchev–Trinajstić information content (AvgIpc) is 2.71. The van der Waals surface area contributed by atoms with E-state index in [-0.39, 0.29) is 16.9 Å². The van der Waals surface area contributed by atoms with Crippen molar-refractivity contribution in [3.05, 3.63) is 35.1 Å². The Kier molecular flexibility index (Phi) is 3.96. The zero-order valence-electron chi connectivity index (χ0n) is 14.7. The van der Waals surface area contributed by atoms with E-state index in [9.17, 15) is 0 Å². The number of furan rings is 1. The maximum absolute atomic E-state index is 6.32. The van der Waals surface area contributed by atoms with E-state index in [1.54, 1.807) is 0 Å². The molecule has 21 heavy (non-hydrogen) atoms. The van der Waals surface area contributed by atoms with Gasteiger partial charge in [-0.3, -0.25) is 0 Å². The third-order valence-corrected chi connectivity index (χ3v) is 4.17. The van der Waals surface area contributed by atoms with Crippen LogP contribution in [0.1, 0.15) is 64.5 Å². The highest BCUT2D eigenvalue weighted by Gasteiger charge is 2.29. The molecule has 2 heteroatoms. The summed E-state index contributed by atoms with van der Waals surface area (Å²) in [6.07, 6.45) is 0. The molecule has 116 valence electrons. The maximum atomic E-state index is 6.32. The summed E-state index contributed by atoms with van der Waals surface area (Å²) >= 11 is 0. The van der Waals surface area contributed by atoms with Gasteiger partial charge in [-0.2, -0.15) is 0 Å². The lowest BCUT2D eigenvalue weighted by molar-refractivity contribution is 0.253. The van der Waals surface area contributed by atoms with Gasteiger partial charge in [-0.25, -0.2) is 0 Å². The molecular weight excluding hydrogens is 258 g/mol. The molecule has 0 amide bonds. The second-order valence-corrected chi connectivity index (χ2v) is 8.16. The highest BCUT2D eigenvalue weighted by molar-refractivity contribution is 5.85. The molecule has 1 unspecified atom stereocenters. The molecule has 0 aliphatic carbocycles. The minimum atomic E-state index is 0.0813. The van der Waals surface area contributed by atoms with Crippen LogP contribution in [0.3, 0.4) is 0 Å². The van der Waals surface area contributed by atoms with Crippen LogP contribution >= 0.6 is 0 Å². The van der Waals surface area contributed by atoms with Gasteiger partial charge < -0.3 is 9.73 Å². The summed E-state index contributed by atoms with van der Waals surface area (Å²) in [5.74, 6) is 1.03. The summed E-state index contributed by atoms with van der Waals surface area (Å²) in [4.78, 5) is 0. The Labute approximate surface area is 128 Å². The molecule has 0 bridgehead atoms. The molecule has 2 aromatic rings. The number of hydrogen-bond donors (Lipinski definition) is 1. The van der Waals surface area contributed by atoms with E-state index < -0.39 is 0 Å². The van der Waals surface area contributed by atoms with E-state index >= 15 is 0 Å². The normalized spacial score (nSPS) is 14.7. The van der Waals surface area contributed by atoms with Crippen LogP contribution in [0.2, 0.25) is 0 Å². The molecular formula is C19H29NO. The van der Waals surface area contributed by atoms with E-state index in [4.69, 9.17) is 4.42 Å². The monoisotopic (exact) mass is 287 g/mol. The second-order valence-electron chi connectivity index (χ2n) is 8.16. The van der Waals surface area contributed by atoms with Crippen molar-refractivity contribution < 1.29 is 4.42 Å². The summed E-state index contributed by atoms with van der Waals surface area (Å²) < 4.78 is 6.32. The smallest absolute Gasteiger partial charge is 0.138 e. The van der Waals surface area contributed by atoms with Gasteiger partial charge in [-0.1, -0.05) is 53.7 Å². The van der Waals surface area contributed by atoms with Gasteiger partial charge in [-0.15, -0.1) is 0 Å². The minimum Gasteiger partial charge on any atom is -0.459 e. The molecule has 1 aromatic heterocycles. The summed E-state index contributed by atoms with van der Waals surface area (Å²) in [6, 6.07) is 6.83. The fraction of sp³-hybridized carbons (Fsp3) is 0.579. The van der Waals surface area contributed by atoms with Gasteiger partial charge in [0, 0.05) is 10.9 Å². The van der Waals surface area contributed by atoms with Crippen LogP contribution in [0.25, 0.3) is 11.0 Å². The summed E-state index contributed by atoms with van der Waals surface area (Å²) in [5, 5.41) is 4.64.